The predicted molar refractivity (Wildman–Crippen MR) is 112 cm³/mol. The van der Waals surface area contributed by atoms with Crippen molar-refractivity contribution in [3.8, 4) is 5.75 Å². The normalized spacial score (nSPS) is 15.2. The molecule has 13 heteroatoms. The highest BCUT2D eigenvalue weighted by atomic mass is 35.5. The number of piperazine rings is 1. The van der Waals surface area contributed by atoms with Crippen molar-refractivity contribution < 1.29 is 31.1 Å². The second kappa shape index (κ2) is 8.81. The lowest BCUT2D eigenvalue weighted by atomic mass is 10.2. The molecule has 0 bridgehead atoms. The maximum atomic E-state index is 13.3. The molecule has 0 spiro atoms. The zero-order chi connectivity index (χ0) is 23.8. The van der Waals surface area contributed by atoms with Gasteiger partial charge in [-0.05, 0) is 19.1 Å². The number of hydrogen-bond donors (Lipinski definition) is 0. The Morgan fingerprint density at radius 2 is 1.84 bits per heavy atom. The van der Waals surface area contributed by atoms with Gasteiger partial charge in [0.2, 0.25) is 5.91 Å². The molecule has 0 N–H and O–H groups in total. The lowest BCUT2D eigenvalue weighted by molar-refractivity contribution is -0.144. The third-order valence-electron chi connectivity index (χ3n) is 5.21. The maximum Gasteiger partial charge on any atom is 0.436 e. The summed E-state index contributed by atoms with van der Waals surface area (Å²) in [6.45, 7) is 2.40. The molecule has 1 saturated heterocycles. The van der Waals surface area contributed by atoms with E-state index in [4.69, 9.17) is 16.3 Å². The van der Waals surface area contributed by atoms with Crippen LogP contribution in [0.15, 0.2) is 23.1 Å². The summed E-state index contributed by atoms with van der Waals surface area (Å²) < 4.78 is 69.7. The van der Waals surface area contributed by atoms with E-state index in [2.05, 4.69) is 5.10 Å². The van der Waals surface area contributed by atoms with E-state index < -0.39 is 39.1 Å². The summed E-state index contributed by atoms with van der Waals surface area (Å²) in [5.74, 6) is 0.0803. The second-order valence-corrected chi connectivity index (χ2v) is 9.74. The minimum atomic E-state index is -4.96. The number of hydrogen-bond acceptors (Lipinski definition) is 6. The number of rotatable bonds is 5. The van der Waals surface area contributed by atoms with Crippen LogP contribution in [0.1, 0.15) is 11.4 Å². The van der Waals surface area contributed by atoms with E-state index in [-0.39, 0.29) is 5.69 Å². The molecule has 1 fully saturated rings. The van der Waals surface area contributed by atoms with Gasteiger partial charge in [-0.3, -0.25) is 9.48 Å². The van der Waals surface area contributed by atoms with Crippen molar-refractivity contribution in [1.29, 1.82) is 0 Å². The van der Waals surface area contributed by atoms with Crippen LogP contribution >= 0.6 is 11.6 Å². The number of halogens is 4. The van der Waals surface area contributed by atoms with Crippen LogP contribution < -0.4 is 9.64 Å². The molecule has 1 aromatic heterocycles. The van der Waals surface area contributed by atoms with Crippen molar-refractivity contribution in [2.45, 2.75) is 24.5 Å². The smallest absolute Gasteiger partial charge is 0.436 e. The molecule has 2 aromatic rings. The molecule has 3 rings (SSSR count). The first-order valence-electron chi connectivity index (χ1n) is 9.54. The Labute approximate surface area is 188 Å². The first-order chi connectivity index (χ1) is 14.8. The molecule has 0 atom stereocenters. The number of sulfone groups is 1. The molecule has 0 radical (unpaired) electrons. The molecule has 2 heterocycles. The first-order valence-corrected chi connectivity index (χ1v) is 11.8. The quantitative estimate of drug-likeness (QED) is 0.635. The van der Waals surface area contributed by atoms with Gasteiger partial charge in [-0.2, -0.15) is 18.3 Å². The van der Waals surface area contributed by atoms with E-state index in [9.17, 15) is 26.4 Å². The van der Waals surface area contributed by atoms with Gasteiger partial charge in [0.05, 0.1) is 17.8 Å². The average molecular weight is 495 g/mol. The number of aromatic nitrogens is 2. The lowest BCUT2D eigenvalue weighted by Gasteiger charge is -2.36. The Bertz CT molecular complexity index is 1130. The highest BCUT2D eigenvalue weighted by Gasteiger charge is 2.42. The number of nitrogens with zero attached hydrogens (tertiary/aromatic N) is 4. The predicted octanol–water partition coefficient (Wildman–Crippen LogP) is 2.62. The number of methoxy groups -OCH3 is 1. The number of amides is 1. The van der Waals surface area contributed by atoms with Crippen molar-refractivity contribution in [1.82, 2.24) is 14.7 Å². The van der Waals surface area contributed by atoms with Crippen LogP contribution in [0.2, 0.25) is 5.02 Å². The minimum absolute atomic E-state index is 0.222. The van der Waals surface area contributed by atoms with Gasteiger partial charge >= 0.3 is 6.18 Å². The molecule has 0 aliphatic carbocycles. The topological polar surface area (TPSA) is 84.7 Å². The van der Waals surface area contributed by atoms with Gasteiger partial charge in [-0.1, -0.05) is 11.6 Å². The monoisotopic (exact) mass is 494 g/mol. The third kappa shape index (κ3) is 4.96. The van der Waals surface area contributed by atoms with E-state index in [0.29, 0.717) is 43.2 Å². The van der Waals surface area contributed by atoms with Crippen LogP contribution in [0.5, 0.6) is 5.75 Å². The molecule has 1 amide bonds. The Morgan fingerprint density at radius 1 is 1.22 bits per heavy atom. The number of benzene rings is 1. The van der Waals surface area contributed by atoms with Crippen LogP contribution in [-0.2, 0) is 27.4 Å². The van der Waals surface area contributed by atoms with Gasteiger partial charge in [0, 0.05) is 44.2 Å². The fraction of sp³-hybridized carbons (Fsp3) is 0.474. The minimum Gasteiger partial charge on any atom is -0.495 e. The number of carbonyl (C=O) groups excluding carboxylic acids is 1. The summed E-state index contributed by atoms with van der Waals surface area (Å²) >= 11 is 6.05. The molecule has 1 aliphatic rings. The Balaban J connectivity index is 1.72. The van der Waals surface area contributed by atoms with Crippen molar-refractivity contribution in [2.24, 2.45) is 0 Å². The molecule has 176 valence electrons. The molecular formula is C19H22ClF3N4O4S. The van der Waals surface area contributed by atoms with E-state index in [1.165, 1.54) is 18.9 Å². The van der Waals surface area contributed by atoms with Crippen LogP contribution in [0.3, 0.4) is 0 Å². The fourth-order valence-electron chi connectivity index (χ4n) is 3.60. The number of carbonyl (C=O) groups is 1. The number of anilines is 1. The van der Waals surface area contributed by atoms with Gasteiger partial charge in [0.15, 0.2) is 15.5 Å². The van der Waals surface area contributed by atoms with E-state index in [1.807, 2.05) is 11.0 Å². The zero-order valence-corrected chi connectivity index (χ0v) is 19.2. The molecule has 8 nitrogen and oxygen atoms in total. The fourth-order valence-corrected chi connectivity index (χ4v) is 4.94. The molecule has 0 saturated carbocycles. The van der Waals surface area contributed by atoms with Crippen molar-refractivity contribution >= 4 is 33.0 Å². The van der Waals surface area contributed by atoms with E-state index >= 15 is 0 Å². The van der Waals surface area contributed by atoms with Crippen LogP contribution in [0, 0.1) is 6.92 Å². The van der Waals surface area contributed by atoms with Crippen LogP contribution in [0.25, 0.3) is 0 Å². The van der Waals surface area contributed by atoms with Crippen LogP contribution in [-0.4, -0.2) is 68.5 Å². The largest absolute Gasteiger partial charge is 0.495 e. The van der Waals surface area contributed by atoms with Crippen molar-refractivity contribution in [3.63, 3.8) is 0 Å². The SMILES string of the molecule is COc1cc(N2CCN(C(=O)Cn3nc(C(F)(F)F)c(S(C)(=O)=O)c3C)CC2)ccc1Cl. The van der Waals surface area contributed by atoms with Crippen molar-refractivity contribution in [2.75, 3.05) is 44.4 Å². The summed E-state index contributed by atoms with van der Waals surface area (Å²) in [7, 11) is -2.68. The zero-order valence-electron chi connectivity index (χ0n) is 17.6. The van der Waals surface area contributed by atoms with Crippen LogP contribution in [0.4, 0.5) is 18.9 Å². The van der Waals surface area contributed by atoms with Crippen molar-refractivity contribution in [3.05, 3.63) is 34.6 Å². The summed E-state index contributed by atoms with van der Waals surface area (Å²) in [6.07, 6.45) is -4.27. The number of ether oxygens (including phenoxy) is 1. The third-order valence-corrected chi connectivity index (χ3v) is 6.75. The summed E-state index contributed by atoms with van der Waals surface area (Å²) in [5, 5.41) is 3.88. The second-order valence-electron chi connectivity index (χ2n) is 7.38. The Kier molecular flexibility index (Phi) is 6.66. The van der Waals surface area contributed by atoms with Gasteiger partial charge < -0.3 is 14.5 Å². The maximum absolute atomic E-state index is 13.3. The summed E-state index contributed by atoms with van der Waals surface area (Å²) in [6, 6.07) is 5.34. The molecule has 1 aromatic carbocycles. The molecule has 32 heavy (non-hydrogen) atoms. The average Bonchev–Trinajstić information content (AvgIpc) is 3.05. The van der Waals surface area contributed by atoms with Gasteiger partial charge in [-0.15, -0.1) is 0 Å². The molecule has 1 aliphatic heterocycles. The van der Waals surface area contributed by atoms with Gasteiger partial charge in [0.25, 0.3) is 0 Å². The highest BCUT2D eigenvalue weighted by molar-refractivity contribution is 7.90. The Hall–Kier alpha value is -2.47. The van der Waals surface area contributed by atoms with Gasteiger partial charge in [-0.25, -0.2) is 8.42 Å². The highest BCUT2D eigenvalue weighted by Crippen LogP contribution is 2.35. The molecule has 0 unspecified atom stereocenters. The van der Waals surface area contributed by atoms with E-state index in [1.54, 1.807) is 12.1 Å². The molecular weight excluding hydrogens is 473 g/mol. The lowest BCUT2D eigenvalue weighted by Crippen LogP contribution is -2.49. The van der Waals surface area contributed by atoms with E-state index in [0.717, 1.165) is 10.4 Å². The summed E-state index contributed by atoms with van der Waals surface area (Å²) in [5.41, 5.74) is -0.860. The standard InChI is InChI=1S/C19H22ClF3N4O4S/c1-12-17(32(3,29)30)18(19(21,22)23)24-27(12)11-16(28)26-8-6-25(7-9-26)13-4-5-14(20)15(10-13)31-2/h4-5,10H,6-9,11H2,1-3H3. The summed E-state index contributed by atoms with van der Waals surface area (Å²) in [4.78, 5) is 15.3. The number of alkyl halides is 3. The first kappa shape index (κ1) is 24.2. The Morgan fingerprint density at radius 3 is 2.34 bits per heavy atom. The van der Waals surface area contributed by atoms with Gasteiger partial charge in [0.1, 0.15) is 17.2 Å².